The summed E-state index contributed by atoms with van der Waals surface area (Å²) in [5.41, 5.74) is 0.806. The van der Waals surface area contributed by atoms with Crippen LogP contribution in [-0.4, -0.2) is 40.2 Å². The molecule has 1 aromatic heterocycles. The lowest BCUT2D eigenvalue weighted by atomic mass is 9.91. The summed E-state index contributed by atoms with van der Waals surface area (Å²) < 4.78 is 29.6. The summed E-state index contributed by atoms with van der Waals surface area (Å²) in [5, 5.41) is 9.94. The molecule has 1 heterocycles. The molecule has 1 aromatic carbocycles. The van der Waals surface area contributed by atoms with E-state index in [0.717, 1.165) is 0 Å². The normalized spacial score (nSPS) is 14.9. The number of aliphatic hydroxyl groups excluding tert-OH is 1. The number of hydrogen-bond acceptors (Lipinski definition) is 3. The Hall–Kier alpha value is -0.380. The SMILES string of the molecule is CN(C)C(C)(CO)Cc1cc(F)c(F)c2ccn(SI)c12. The fourth-order valence-electron chi connectivity index (χ4n) is 2.28. The smallest absolute Gasteiger partial charge is 0.168 e. The molecule has 0 aliphatic carbocycles. The predicted octanol–water partition coefficient (Wildman–Crippen LogP) is 3.62. The zero-order valence-corrected chi connectivity index (χ0v) is 15.0. The Kier molecular flexibility index (Phi) is 5.17. The maximum absolute atomic E-state index is 13.9. The minimum absolute atomic E-state index is 0.0709. The molecule has 0 fully saturated rings. The summed E-state index contributed by atoms with van der Waals surface area (Å²) >= 11 is 2.10. The highest BCUT2D eigenvalue weighted by Gasteiger charge is 2.29. The van der Waals surface area contributed by atoms with E-state index in [1.165, 1.54) is 15.2 Å². The Morgan fingerprint density at radius 1 is 1.43 bits per heavy atom. The fraction of sp³-hybridized carbons (Fsp3) is 0.429. The number of likely N-dealkylation sites (N-methyl/N-ethyl adjacent to an activating group) is 1. The van der Waals surface area contributed by atoms with E-state index in [0.29, 0.717) is 17.5 Å². The molecule has 1 unspecified atom stereocenters. The number of halogens is 3. The van der Waals surface area contributed by atoms with Crippen LogP contribution >= 0.6 is 30.3 Å². The maximum atomic E-state index is 13.9. The van der Waals surface area contributed by atoms with Crippen molar-refractivity contribution in [3.63, 3.8) is 0 Å². The largest absolute Gasteiger partial charge is 0.394 e. The summed E-state index contributed by atoms with van der Waals surface area (Å²) in [6.07, 6.45) is 2.14. The van der Waals surface area contributed by atoms with Gasteiger partial charge >= 0.3 is 0 Å². The molecule has 0 spiro atoms. The van der Waals surface area contributed by atoms with Gasteiger partial charge in [-0.15, -0.1) is 0 Å². The second kappa shape index (κ2) is 6.39. The lowest BCUT2D eigenvalue weighted by Gasteiger charge is -2.35. The van der Waals surface area contributed by atoms with Crippen LogP contribution in [0.25, 0.3) is 10.9 Å². The average Bonchev–Trinajstić information content (AvgIpc) is 2.88. The van der Waals surface area contributed by atoms with E-state index in [-0.39, 0.29) is 12.0 Å². The van der Waals surface area contributed by atoms with E-state index in [9.17, 15) is 13.9 Å². The molecule has 1 atom stereocenters. The molecule has 2 aromatic rings. The van der Waals surface area contributed by atoms with E-state index in [1.807, 2.05) is 25.9 Å². The number of aliphatic hydroxyl groups is 1. The van der Waals surface area contributed by atoms with Crippen molar-refractivity contribution in [2.24, 2.45) is 0 Å². The lowest BCUT2D eigenvalue weighted by molar-refractivity contribution is 0.0844. The first-order chi connectivity index (χ1) is 9.84. The Morgan fingerprint density at radius 2 is 2.10 bits per heavy atom. The summed E-state index contributed by atoms with van der Waals surface area (Å²) in [4.78, 5) is 1.89. The monoisotopic (exact) mass is 426 g/mol. The standard InChI is InChI=1S/C14H17F2IN2OS/c1-14(8-20,18(2)3)7-9-6-11(15)12(16)10-4-5-19(21-17)13(9)10/h4-6,20H,7-8H2,1-3H3. The molecule has 0 amide bonds. The van der Waals surface area contributed by atoms with E-state index in [4.69, 9.17) is 0 Å². The van der Waals surface area contributed by atoms with E-state index >= 15 is 0 Å². The van der Waals surface area contributed by atoms with Gasteiger partial charge in [-0.2, -0.15) is 0 Å². The molecule has 7 heteroatoms. The highest BCUT2D eigenvalue weighted by molar-refractivity contribution is 14.2. The average molecular weight is 426 g/mol. The van der Waals surface area contributed by atoms with Crippen molar-refractivity contribution in [3.05, 3.63) is 35.5 Å². The Bertz CT molecular complexity index is 662. The Morgan fingerprint density at radius 3 is 2.62 bits per heavy atom. The summed E-state index contributed by atoms with van der Waals surface area (Å²) in [6, 6.07) is 2.81. The first-order valence-corrected chi connectivity index (χ1v) is 9.71. The van der Waals surface area contributed by atoms with Crippen LogP contribution in [-0.2, 0) is 6.42 Å². The van der Waals surface area contributed by atoms with Crippen molar-refractivity contribution in [1.29, 1.82) is 0 Å². The van der Waals surface area contributed by atoms with Gasteiger partial charge in [0.15, 0.2) is 11.6 Å². The highest BCUT2D eigenvalue weighted by atomic mass is 127. The number of rotatable bonds is 5. The van der Waals surface area contributed by atoms with Crippen molar-refractivity contribution >= 4 is 41.2 Å². The number of aromatic nitrogens is 1. The lowest BCUT2D eigenvalue weighted by Crippen LogP contribution is -2.46. The molecule has 21 heavy (non-hydrogen) atoms. The van der Waals surface area contributed by atoms with E-state index in [1.54, 1.807) is 16.2 Å². The molecular weight excluding hydrogens is 409 g/mol. The highest BCUT2D eigenvalue weighted by Crippen LogP contribution is 2.33. The van der Waals surface area contributed by atoms with Crippen LogP contribution in [0.15, 0.2) is 18.3 Å². The van der Waals surface area contributed by atoms with Gasteiger partial charge in [0.2, 0.25) is 0 Å². The number of hydrogen-bond donors (Lipinski definition) is 1. The molecule has 116 valence electrons. The number of nitrogens with zero attached hydrogens (tertiary/aromatic N) is 2. The van der Waals surface area contributed by atoms with Crippen molar-refractivity contribution in [2.45, 2.75) is 18.9 Å². The van der Waals surface area contributed by atoms with Gasteiger partial charge in [-0.3, -0.25) is 3.97 Å². The van der Waals surface area contributed by atoms with Crippen LogP contribution < -0.4 is 0 Å². The second-order valence-electron chi connectivity index (χ2n) is 5.53. The minimum Gasteiger partial charge on any atom is -0.394 e. The van der Waals surface area contributed by atoms with Crippen LogP contribution in [0.4, 0.5) is 8.78 Å². The molecule has 0 radical (unpaired) electrons. The summed E-state index contributed by atoms with van der Waals surface area (Å²) in [7, 11) is 5.12. The van der Waals surface area contributed by atoms with Crippen LogP contribution in [0.5, 0.6) is 0 Å². The van der Waals surface area contributed by atoms with Gasteiger partial charge in [-0.05, 0) is 45.1 Å². The van der Waals surface area contributed by atoms with Crippen molar-refractivity contribution < 1.29 is 13.9 Å². The molecule has 1 N–H and O–H groups in total. The topological polar surface area (TPSA) is 28.4 Å². The molecular formula is C14H17F2IN2OS. The predicted molar refractivity (Wildman–Crippen MR) is 91.7 cm³/mol. The summed E-state index contributed by atoms with van der Waals surface area (Å²) in [6.45, 7) is 1.82. The van der Waals surface area contributed by atoms with Gasteiger partial charge in [-0.1, -0.05) is 0 Å². The molecule has 0 saturated carbocycles. The van der Waals surface area contributed by atoms with Gasteiger partial charge < -0.3 is 10.0 Å². The second-order valence-corrected chi connectivity index (χ2v) is 7.24. The van der Waals surface area contributed by atoms with Gasteiger partial charge in [0.25, 0.3) is 0 Å². The third-order valence-corrected chi connectivity index (χ3v) is 5.70. The molecule has 0 saturated heterocycles. The molecule has 3 nitrogen and oxygen atoms in total. The zero-order valence-electron chi connectivity index (χ0n) is 12.0. The van der Waals surface area contributed by atoms with E-state index < -0.39 is 17.2 Å². The molecule has 0 aliphatic heterocycles. The van der Waals surface area contributed by atoms with Crippen molar-refractivity contribution in [2.75, 3.05) is 20.7 Å². The van der Waals surface area contributed by atoms with Gasteiger partial charge in [0.1, 0.15) is 0 Å². The third-order valence-electron chi connectivity index (χ3n) is 3.97. The maximum Gasteiger partial charge on any atom is 0.168 e. The minimum atomic E-state index is -0.854. The Balaban J connectivity index is 2.63. The first-order valence-electron chi connectivity index (χ1n) is 6.39. The Labute approximate surface area is 139 Å². The third kappa shape index (κ3) is 3.06. The van der Waals surface area contributed by atoms with Crippen LogP contribution in [0.1, 0.15) is 12.5 Å². The van der Waals surface area contributed by atoms with Gasteiger partial charge in [-0.25, -0.2) is 8.78 Å². The van der Waals surface area contributed by atoms with Crippen LogP contribution in [0.3, 0.4) is 0 Å². The van der Waals surface area contributed by atoms with Crippen LogP contribution in [0.2, 0.25) is 0 Å². The summed E-state index contributed by atoms with van der Waals surface area (Å²) in [5.74, 6) is -1.68. The zero-order chi connectivity index (χ0) is 15.8. The number of benzene rings is 1. The number of fused-ring (bicyclic) bond motifs is 1. The van der Waals surface area contributed by atoms with Gasteiger partial charge in [0, 0.05) is 47.4 Å². The quantitative estimate of drug-likeness (QED) is 0.741. The van der Waals surface area contributed by atoms with Crippen molar-refractivity contribution in [1.82, 2.24) is 8.87 Å². The van der Waals surface area contributed by atoms with Gasteiger partial charge in [0.05, 0.1) is 12.1 Å². The first kappa shape index (κ1) is 17.0. The van der Waals surface area contributed by atoms with Crippen LogP contribution in [0, 0.1) is 11.6 Å². The van der Waals surface area contributed by atoms with E-state index in [2.05, 4.69) is 21.2 Å². The molecule has 2 rings (SSSR count). The molecule has 0 bridgehead atoms. The van der Waals surface area contributed by atoms with Crippen molar-refractivity contribution in [3.8, 4) is 0 Å². The molecule has 0 aliphatic rings. The fourth-order valence-corrected chi connectivity index (χ4v) is 3.65.